The van der Waals surface area contributed by atoms with Crippen LogP contribution < -0.4 is 4.90 Å². The fraction of sp³-hybridized carbons (Fsp3) is 0.300. The van der Waals surface area contributed by atoms with Crippen LogP contribution >= 0.6 is 11.6 Å². The average Bonchev–Trinajstić information content (AvgIpc) is 2.50. The second kappa shape index (κ2) is 3.70. The normalized spacial score (nSPS) is 21.1. The van der Waals surface area contributed by atoms with Crippen LogP contribution in [0.25, 0.3) is 0 Å². The molecule has 1 aromatic carbocycles. The molecular weight excluding hydrogens is 221 g/mol. The third-order valence-corrected chi connectivity index (χ3v) is 2.60. The molecule has 5 heteroatoms. The lowest BCUT2D eigenvalue weighted by atomic mass is 10.2. The molecule has 1 unspecified atom stereocenters. The molecule has 15 heavy (non-hydrogen) atoms. The first-order chi connectivity index (χ1) is 7.08. The highest BCUT2D eigenvalue weighted by Gasteiger charge is 2.30. The molecule has 1 amide bonds. The topological polar surface area (TPSA) is 40.5 Å². The van der Waals surface area contributed by atoms with Crippen molar-refractivity contribution in [2.45, 2.75) is 11.8 Å². The van der Waals surface area contributed by atoms with Gasteiger partial charge in [-0.2, -0.15) is 0 Å². The number of carbonyl (C=O) groups excluding carboxylic acids is 1. The van der Waals surface area contributed by atoms with Gasteiger partial charge in [-0.3, -0.25) is 4.79 Å². The number of anilines is 1. The molecule has 1 aromatic rings. The van der Waals surface area contributed by atoms with Gasteiger partial charge >= 0.3 is 0 Å². The van der Waals surface area contributed by atoms with Crippen molar-refractivity contribution in [1.82, 2.24) is 0 Å². The summed E-state index contributed by atoms with van der Waals surface area (Å²) in [7, 11) is 0. The first-order valence-corrected chi connectivity index (χ1v) is 4.94. The van der Waals surface area contributed by atoms with Crippen LogP contribution in [0, 0.1) is 5.82 Å². The van der Waals surface area contributed by atoms with Gasteiger partial charge in [0.15, 0.2) is 0 Å². The van der Waals surface area contributed by atoms with Crippen LogP contribution in [0.1, 0.15) is 6.42 Å². The second-order valence-electron chi connectivity index (χ2n) is 3.44. The Morgan fingerprint density at radius 3 is 2.87 bits per heavy atom. The molecule has 1 saturated heterocycles. The Morgan fingerprint density at radius 2 is 2.27 bits per heavy atom. The molecule has 0 aliphatic carbocycles. The number of nitrogens with zero attached hydrogens (tertiary/aromatic N) is 1. The van der Waals surface area contributed by atoms with Gasteiger partial charge in [-0.1, -0.05) is 0 Å². The molecule has 0 bridgehead atoms. The van der Waals surface area contributed by atoms with E-state index in [-0.39, 0.29) is 29.1 Å². The lowest BCUT2D eigenvalue weighted by Crippen LogP contribution is -2.24. The Bertz CT molecular complexity index is 410. The number of hydrogen-bond donors (Lipinski definition) is 1. The molecule has 2 rings (SSSR count). The highest BCUT2D eigenvalue weighted by atomic mass is 35.5. The summed E-state index contributed by atoms with van der Waals surface area (Å²) in [6, 6.07) is 3.49. The summed E-state index contributed by atoms with van der Waals surface area (Å²) >= 11 is 5.81. The van der Waals surface area contributed by atoms with E-state index in [1.165, 1.54) is 11.0 Å². The Kier molecular flexibility index (Phi) is 2.52. The lowest BCUT2D eigenvalue weighted by Gasteiger charge is -2.17. The van der Waals surface area contributed by atoms with Gasteiger partial charge in [0.1, 0.15) is 11.6 Å². The molecule has 1 N–H and O–H groups in total. The summed E-state index contributed by atoms with van der Waals surface area (Å²) in [5.41, 5.74) is 0.183. The SMILES string of the molecule is O=C1CC(Cl)CN1c1cc(F)ccc1O. The summed E-state index contributed by atoms with van der Waals surface area (Å²) in [4.78, 5) is 12.8. The fourth-order valence-corrected chi connectivity index (χ4v) is 1.88. The number of phenols is 1. The van der Waals surface area contributed by atoms with Crippen molar-refractivity contribution in [1.29, 1.82) is 0 Å². The predicted octanol–water partition coefficient (Wildman–Crippen LogP) is 1.88. The summed E-state index contributed by atoms with van der Waals surface area (Å²) in [5, 5.41) is 9.22. The summed E-state index contributed by atoms with van der Waals surface area (Å²) in [6.45, 7) is 0.303. The molecule has 80 valence electrons. The summed E-state index contributed by atoms with van der Waals surface area (Å²) < 4.78 is 12.9. The standard InChI is InChI=1S/C10H9ClFNO2/c11-6-3-10(15)13(5-6)8-4-7(12)1-2-9(8)14/h1-2,4,6,14H,3,5H2. The van der Waals surface area contributed by atoms with Crippen LogP contribution in [0.4, 0.5) is 10.1 Å². The molecule has 1 fully saturated rings. The Balaban J connectivity index is 2.37. The zero-order chi connectivity index (χ0) is 11.0. The van der Waals surface area contributed by atoms with E-state index in [1.54, 1.807) is 0 Å². The van der Waals surface area contributed by atoms with Gasteiger partial charge in [0.25, 0.3) is 0 Å². The number of hydrogen-bond acceptors (Lipinski definition) is 2. The van der Waals surface area contributed by atoms with Crippen LogP contribution in [-0.4, -0.2) is 22.9 Å². The van der Waals surface area contributed by atoms with E-state index in [4.69, 9.17) is 11.6 Å². The molecule has 1 aliphatic heterocycles. The lowest BCUT2D eigenvalue weighted by molar-refractivity contribution is -0.117. The van der Waals surface area contributed by atoms with Gasteiger partial charge in [0.05, 0.1) is 11.1 Å². The molecule has 0 radical (unpaired) electrons. The fourth-order valence-electron chi connectivity index (χ4n) is 1.61. The van der Waals surface area contributed by atoms with Crippen LogP contribution in [0.3, 0.4) is 0 Å². The minimum Gasteiger partial charge on any atom is -0.506 e. The van der Waals surface area contributed by atoms with Crippen molar-refractivity contribution >= 4 is 23.2 Å². The molecule has 1 heterocycles. The minimum absolute atomic E-state index is 0.115. The maximum absolute atomic E-state index is 12.9. The van der Waals surface area contributed by atoms with Crippen LogP contribution in [0.2, 0.25) is 0 Å². The van der Waals surface area contributed by atoms with Gasteiger partial charge in [-0.25, -0.2) is 4.39 Å². The maximum Gasteiger partial charge on any atom is 0.228 e. The largest absolute Gasteiger partial charge is 0.506 e. The average molecular weight is 230 g/mol. The number of alkyl halides is 1. The highest BCUT2D eigenvalue weighted by molar-refractivity contribution is 6.24. The zero-order valence-electron chi connectivity index (χ0n) is 7.78. The second-order valence-corrected chi connectivity index (χ2v) is 4.06. The molecule has 0 aromatic heterocycles. The van der Waals surface area contributed by atoms with Crippen LogP contribution in [0.15, 0.2) is 18.2 Å². The minimum atomic E-state index is -0.492. The van der Waals surface area contributed by atoms with Crippen molar-refractivity contribution in [2.75, 3.05) is 11.4 Å². The Hall–Kier alpha value is -1.29. The summed E-state index contributed by atoms with van der Waals surface area (Å²) in [5.74, 6) is -0.806. The van der Waals surface area contributed by atoms with E-state index >= 15 is 0 Å². The number of halogens is 2. The van der Waals surface area contributed by atoms with Gasteiger partial charge < -0.3 is 10.0 Å². The van der Waals surface area contributed by atoms with E-state index in [0.717, 1.165) is 12.1 Å². The molecule has 1 atom stereocenters. The smallest absolute Gasteiger partial charge is 0.228 e. The predicted molar refractivity (Wildman–Crippen MR) is 54.7 cm³/mol. The third kappa shape index (κ3) is 1.90. The number of phenolic OH excluding ortho intramolecular Hbond substituents is 1. The zero-order valence-corrected chi connectivity index (χ0v) is 8.54. The van der Waals surface area contributed by atoms with E-state index in [0.29, 0.717) is 6.54 Å². The van der Waals surface area contributed by atoms with Crippen molar-refractivity contribution in [3.63, 3.8) is 0 Å². The van der Waals surface area contributed by atoms with E-state index in [9.17, 15) is 14.3 Å². The first-order valence-electron chi connectivity index (χ1n) is 4.51. The highest BCUT2D eigenvalue weighted by Crippen LogP contribution is 2.32. The van der Waals surface area contributed by atoms with Gasteiger partial charge in [0.2, 0.25) is 5.91 Å². The number of rotatable bonds is 1. The number of benzene rings is 1. The Labute approximate surface area is 91.1 Å². The number of amides is 1. The molecular formula is C10H9ClFNO2. The van der Waals surface area contributed by atoms with Gasteiger partial charge in [0, 0.05) is 19.0 Å². The van der Waals surface area contributed by atoms with Crippen LogP contribution in [0.5, 0.6) is 5.75 Å². The maximum atomic E-state index is 12.9. The number of carbonyl (C=O) groups is 1. The molecule has 3 nitrogen and oxygen atoms in total. The molecule has 0 spiro atoms. The Morgan fingerprint density at radius 1 is 1.53 bits per heavy atom. The third-order valence-electron chi connectivity index (χ3n) is 2.31. The van der Waals surface area contributed by atoms with Gasteiger partial charge in [-0.15, -0.1) is 11.6 Å². The summed E-state index contributed by atoms with van der Waals surface area (Å²) in [6.07, 6.45) is 0.220. The van der Waals surface area contributed by atoms with Crippen molar-refractivity contribution in [3.8, 4) is 5.75 Å². The van der Waals surface area contributed by atoms with Gasteiger partial charge in [-0.05, 0) is 12.1 Å². The monoisotopic (exact) mass is 229 g/mol. The molecule has 0 saturated carbocycles. The van der Waals surface area contributed by atoms with Crippen molar-refractivity contribution < 1.29 is 14.3 Å². The number of aromatic hydroxyl groups is 1. The quantitative estimate of drug-likeness (QED) is 0.747. The van der Waals surface area contributed by atoms with Crippen molar-refractivity contribution in [2.24, 2.45) is 0 Å². The van der Waals surface area contributed by atoms with E-state index in [2.05, 4.69) is 0 Å². The molecule has 1 aliphatic rings. The first kappa shape index (κ1) is 10.2. The van der Waals surface area contributed by atoms with Crippen LogP contribution in [-0.2, 0) is 4.79 Å². The van der Waals surface area contributed by atoms with E-state index in [1.807, 2.05) is 0 Å². The van der Waals surface area contributed by atoms with E-state index < -0.39 is 5.82 Å². The van der Waals surface area contributed by atoms with Crippen molar-refractivity contribution in [3.05, 3.63) is 24.0 Å².